The number of ether oxygens (including phenoxy) is 1. The SMILES string of the molecule is CCCc1ccc(OCc2ccc(C(=O)Nc3ccc(Br)cc3F)o2)cc1. The highest BCUT2D eigenvalue weighted by atomic mass is 79.9. The minimum Gasteiger partial charge on any atom is -0.486 e. The van der Waals surface area contributed by atoms with E-state index < -0.39 is 11.7 Å². The van der Waals surface area contributed by atoms with Gasteiger partial charge in [0.25, 0.3) is 5.91 Å². The molecule has 0 fully saturated rings. The van der Waals surface area contributed by atoms with E-state index in [1.54, 1.807) is 12.1 Å². The molecule has 1 amide bonds. The van der Waals surface area contributed by atoms with Crippen molar-refractivity contribution < 1.29 is 18.3 Å². The fourth-order valence-electron chi connectivity index (χ4n) is 2.55. The molecule has 1 aromatic heterocycles. The largest absolute Gasteiger partial charge is 0.486 e. The molecule has 3 aromatic rings. The zero-order valence-corrected chi connectivity index (χ0v) is 16.4. The van der Waals surface area contributed by atoms with Crippen LogP contribution in [0.4, 0.5) is 10.1 Å². The summed E-state index contributed by atoms with van der Waals surface area (Å²) in [6, 6.07) is 15.5. The number of hydrogen-bond acceptors (Lipinski definition) is 3. The number of halogens is 2. The summed E-state index contributed by atoms with van der Waals surface area (Å²) in [5.74, 6) is 0.281. The van der Waals surface area contributed by atoms with Crippen LogP contribution >= 0.6 is 15.9 Å². The molecule has 0 saturated heterocycles. The maximum Gasteiger partial charge on any atom is 0.291 e. The molecule has 140 valence electrons. The summed E-state index contributed by atoms with van der Waals surface area (Å²) in [4.78, 5) is 12.2. The van der Waals surface area contributed by atoms with Crippen LogP contribution in [0.2, 0.25) is 0 Å². The van der Waals surface area contributed by atoms with E-state index >= 15 is 0 Å². The molecule has 0 atom stereocenters. The quantitative estimate of drug-likeness (QED) is 0.501. The fourth-order valence-corrected chi connectivity index (χ4v) is 2.88. The number of furan rings is 1. The van der Waals surface area contributed by atoms with Crippen molar-refractivity contribution in [2.45, 2.75) is 26.4 Å². The molecule has 1 N–H and O–H groups in total. The first-order chi connectivity index (χ1) is 13.0. The van der Waals surface area contributed by atoms with Gasteiger partial charge in [-0.2, -0.15) is 0 Å². The van der Waals surface area contributed by atoms with Gasteiger partial charge in [0.2, 0.25) is 0 Å². The second-order valence-corrected chi connectivity index (χ2v) is 6.94. The number of rotatable bonds is 7. The van der Waals surface area contributed by atoms with Crippen LogP contribution < -0.4 is 10.1 Å². The number of hydrogen-bond donors (Lipinski definition) is 1. The Morgan fingerprint density at radius 3 is 2.63 bits per heavy atom. The van der Waals surface area contributed by atoms with Crippen molar-refractivity contribution in [3.63, 3.8) is 0 Å². The molecule has 2 aromatic carbocycles. The highest BCUT2D eigenvalue weighted by molar-refractivity contribution is 9.10. The van der Waals surface area contributed by atoms with Gasteiger partial charge in [-0.1, -0.05) is 41.4 Å². The van der Waals surface area contributed by atoms with Gasteiger partial charge in [0, 0.05) is 4.47 Å². The smallest absolute Gasteiger partial charge is 0.291 e. The number of aryl methyl sites for hydroxylation is 1. The van der Waals surface area contributed by atoms with Gasteiger partial charge in [0.05, 0.1) is 5.69 Å². The zero-order chi connectivity index (χ0) is 19.2. The molecule has 27 heavy (non-hydrogen) atoms. The number of carbonyl (C=O) groups is 1. The van der Waals surface area contributed by atoms with Gasteiger partial charge in [-0.15, -0.1) is 0 Å². The summed E-state index contributed by atoms with van der Waals surface area (Å²) in [6.07, 6.45) is 2.14. The molecule has 4 nitrogen and oxygen atoms in total. The minimum atomic E-state index is -0.528. The lowest BCUT2D eigenvalue weighted by Gasteiger charge is -2.06. The molecule has 0 aliphatic carbocycles. The van der Waals surface area contributed by atoms with Crippen LogP contribution in [0.25, 0.3) is 0 Å². The van der Waals surface area contributed by atoms with Crippen LogP contribution in [0.15, 0.2) is 63.5 Å². The van der Waals surface area contributed by atoms with E-state index in [4.69, 9.17) is 9.15 Å². The lowest BCUT2D eigenvalue weighted by atomic mass is 10.1. The number of benzene rings is 2. The van der Waals surface area contributed by atoms with E-state index in [-0.39, 0.29) is 18.1 Å². The van der Waals surface area contributed by atoms with Crippen LogP contribution in [0.1, 0.15) is 35.2 Å². The van der Waals surface area contributed by atoms with E-state index in [1.165, 1.54) is 23.8 Å². The summed E-state index contributed by atoms with van der Waals surface area (Å²) in [6.45, 7) is 2.34. The molecule has 0 spiro atoms. The van der Waals surface area contributed by atoms with Gasteiger partial charge in [0.1, 0.15) is 23.9 Å². The van der Waals surface area contributed by atoms with Gasteiger partial charge in [-0.05, 0) is 54.4 Å². The first-order valence-corrected chi connectivity index (χ1v) is 9.41. The number of carbonyl (C=O) groups excluding carboxylic acids is 1. The summed E-state index contributed by atoms with van der Waals surface area (Å²) in [5.41, 5.74) is 1.35. The summed E-state index contributed by atoms with van der Waals surface area (Å²) < 4.78 is 25.6. The predicted molar refractivity (Wildman–Crippen MR) is 106 cm³/mol. The Labute approximate surface area is 165 Å². The molecule has 0 aliphatic rings. The molecule has 6 heteroatoms. The average Bonchev–Trinajstić information content (AvgIpc) is 3.13. The Kier molecular flexibility index (Phi) is 6.29. The second kappa shape index (κ2) is 8.86. The van der Waals surface area contributed by atoms with Gasteiger partial charge in [0.15, 0.2) is 5.76 Å². The first-order valence-electron chi connectivity index (χ1n) is 8.62. The van der Waals surface area contributed by atoms with E-state index in [0.29, 0.717) is 10.2 Å². The molecule has 0 radical (unpaired) electrons. The van der Waals surface area contributed by atoms with Gasteiger partial charge < -0.3 is 14.5 Å². The van der Waals surface area contributed by atoms with Crippen molar-refractivity contribution in [1.29, 1.82) is 0 Å². The lowest BCUT2D eigenvalue weighted by molar-refractivity contribution is 0.0992. The maximum absolute atomic E-state index is 13.8. The summed E-state index contributed by atoms with van der Waals surface area (Å²) >= 11 is 3.17. The highest BCUT2D eigenvalue weighted by Gasteiger charge is 2.14. The van der Waals surface area contributed by atoms with Crippen molar-refractivity contribution >= 4 is 27.5 Å². The van der Waals surface area contributed by atoms with Crippen LogP contribution in [-0.2, 0) is 13.0 Å². The van der Waals surface area contributed by atoms with Crippen LogP contribution in [-0.4, -0.2) is 5.91 Å². The van der Waals surface area contributed by atoms with Crippen LogP contribution in [0.5, 0.6) is 5.75 Å². The molecule has 0 bridgehead atoms. The second-order valence-electron chi connectivity index (χ2n) is 6.03. The molecule has 0 saturated carbocycles. The Bertz CT molecular complexity index is 921. The maximum atomic E-state index is 13.8. The van der Waals surface area contributed by atoms with Crippen LogP contribution in [0, 0.1) is 5.82 Å². The monoisotopic (exact) mass is 431 g/mol. The Balaban J connectivity index is 1.58. The third kappa shape index (κ3) is 5.20. The van der Waals surface area contributed by atoms with Crippen molar-refractivity contribution in [1.82, 2.24) is 0 Å². The lowest BCUT2D eigenvalue weighted by Crippen LogP contribution is -2.12. The molecule has 3 rings (SSSR count). The molecule has 0 aliphatic heterocycles. The topological polar surface area (TPSA) is 51.5 Å². The number of nitrogens with one attached hydrogen (secondary N) is 1. The summed E-state index contributed by atoms with van der Waals surface area (Å²) in [7, 11) is 0. The van der Waals surface area contributed by atoms with Gasteiger partial charge in [-0.25, -0.2) is 4.39 Å². The van der Waals surface area contributed by atoms with Crippen molar-refractivity contribution in [2.24, 2.45) is 0 Å². The van der Waals surface area contributed by atoms with Crippen molar-refractivity contribution in [2.75, 3.05) is 5.32 Å². The molecular formula is C21H19BrFNO3. The Morgan fingerprint density at radius 1 is 1.15 bits per heavy atom. The Morgan fingerprint density at radius 2 is 1.93 bits per heavy atom. The molecule has 0 unspecified atom stereocenters. The Hall–Kier alpha value is -2.60. The minimum absolute atomic E-state index is 0.0876. The van der Waals surface area contributed by atoms with Gasteiger partial charge in [-0.3, -0.25) is 4.79 Å². The third-order valence-corrected chi connectivity index (χ3v) is 4.40. The first kappa shape index (κ1) is 19.2. The number of anilines is 1. The number of amides is 1. The standard InChI is InChI=1S/C21H19BrFNO3/c1-2-3-14-4-7-16(8-5-14)26-13-17-9-11-20(27-17)21(25)24-19-10-6-15(22)12-18(19)23/h4-12H,2-3,13H2,1H3,(H,24,25). The fraction of sp³-hybridized carbons (Fsp3) is 0.190. The normalized spacial score (nSPS) is 10.6. The highest BCUT2D eigenvalue weighted by Crippen LogP contribution is 2.21. The molecule has 1 heterocycles. The zero-order valence-electron chi connectivity index (χ0n) is 14.8. The van der Waals surface area contributed by atoms with E-state index in [2.05, 4.69) is 28.2 Å². The molecular weight excluding hydrogens is 413 g/mol. The third-order valence-electron chi connectivity index (χ3n) is 3.91. The van der Waals surface area contributed by atoms with Gasteiger partial charge >= 0.3 is 0 Å². The summed E-state index contributed by atoms with van der Waals surface area (Å²) in [5, 5.41) is 2.49. The van der Waals surface area contributed by atoms with E-state index in [0.717, 1.165) is 18.6 Å². The van der Waals surface area contributed by atoms with E-state index in [9.17, 15) is 9.18 Å². The average molecular weight is 432 g/mol. The van der Waals surface area contributed by atoms with E-state index in [1.807, 2.05) is 24.3 Å². The van der Waals surface area contributed by atoms with Crippen molar-refractivity contribution in [3.05, 3.63) is 82.0 Å². The van der Waals surface area contributed by atoms with Crippen molar-refractivity contribution in [3.8, 4) is 5.75 Å². The predicted octanol–water partition coefficient (Wildman–Crippen LogP) is 5.97. The van der Waals surface area contributed by atoms with Crippen LogP contribution in [0.3, 0.4) is 0 Å².